The molecule has 32 heavy (non-hydrogen) atoms. The molecule has 166 valence electrons. The molecule has 0 radical (unpaired) electrons. The largest absolute Gasteiger partial charge is 0.491 e. The van der Waals surface area contributed by atoms with E-state index >= 15 is 0 Å². The summed E-state index contributed by atoms with van der Waals surface area (Å²) in [5, 5.41) is 0.817. The van der Waals surface area contributed by atoms with Gasteiger partial charge in [0.05, 0.1) is 11.4 Å². The van der Waals surface area contributed by atoms with E-state index in [2.05, 4.69) is 26.6 Å². The fourth-order valence-electron chi connectivity index (χ4n) is 3.73. The van der Waals surface area contributed by atoms with Gasteiger partial charge in [0.2, 0.25) is 0 Å². The minimum atomic E-state index is -0.215. The molecule has 0 atom stereocenters. The summed E-state index contributed by atoms with van der Waals surface area (Å²) in [4.78, 5) is 27.0. The van der Waals surface area contributed by atoms with Crippen molar-refractivity contribution in [2.75, 3.05) is 13.2 Å². The second kappa shape index (κ2) is 9.55. The predicted octanol–water partition coefficient (Wildman–Crippen LogP) is 6.48. The number of hydrogen-bond donors (Lipinski definition) is 0. The zero-order valence-corrected chi connectivity index (χ0v) is 20.7. The Morgan fingerprint density at radius 1 is 1.16 bits per heavy atom. The van der Waals surface area contributed by atoms with E-state index in [1.54, 1.807) is 0 Å². The molecule has 0 aliphatic carbocycles. The number of aryl methyl sites for hydroxylation is 1. The number of aromatic nitrogens is 1. The summed E-state index contributed by atoms with van der Waals surface area (Å²) < 4.78 is 9.07. The molecule has 1 saturated heterocycles. The number of thioether (sulfide) groups is 1. The minimum Gasteiger partial charge on any atom is -0.491 e. The van der Waals surface area contributed by atoms with Crippen molar-refractivity contribution < 1.29 is 14.3 Å². The molecule has 1 aliphatic heterocycles. The van der Waals surface area contributed by atoms with Gasteiger partial charge in [-0.3, -0.25) is 14.5 Å². The van der Waals surface area contributed by atoms with Gasteiger partial charge in [0.25, 0.3) is 11.1 Å². The first-order valence-electron chi connectivity index (χ1n) is 10.6. The maximum atomic E-state index is 12.8. The summed E-state index contributed by atoms with van der Waals surface area (Å²) >= 11 is 4.56. The Morgan fingerprint density at radius 3 is 2.69 bits per heavy atom. The number of rotatable bonds is 7. The third-order valence-corrected chi connectivity index (χ3v) is 6.67. The Morgan fingerprint density at radius 2 is 1.94 bits per heavy atom. The summed E-state index contributed by atoms with van der Waals surface area (Å²) in [5.74, 6) is 0.896. The predicted molar refractivity (Wildman–Crippen MR) is 134 cm³/mol. The van der Waals surface area contributed by atoms with Crippen molar-refractivity contribution in [2.24, 2.45) is 5.92 Å². The van der Waals surface area contributed by atoms with Crippen molar-refractivity contribution in [1.82, 2.24) is 9.47 Å². The van der Waals surface area contributed by atoms with Gasteiger partial charge in [-0.15, -0.1) is 0 Å². The van der Waals surface area contributed by atoms with Crippen molar-refractivity contribution in [1.29, 1.82) is 0 Å². The molecule has 5 nitrogen and oxygen atoms in total. The number of halogens is 1. The summed E-state index contributed by atoms with van der Waals surface area (Å²) in [6.45, 7) is 7.65. The molecule has 0 saturated carbocycles. The van der Waals surface area contributed by atoms with Gasteiger partial charge in [0.1, 0.15) is 12.4 Å². The number of ether oxygens (including phenoxy) is 1. The topological polar surface area (TPSA) is 51.5 Å². The Kier molecular flexibility index (Phi) is 6.76. The number of hydrogen-bond acceptors (Lipinski definition) is 4. The lowest BCUT2D eigenvalue weighted by Gasteiger charge is -2.14. The van der Waals surface area contributed by atoms with E-state index in [-0.39, 0.29) is 17.1 Å². The highest BCUT2D eigenvalue weighted by atomic mass is 79.9. The maximum Gasteiger partial charge on any atom is 0.293 e. The minimum absolute atomic E-state index is 0.202. The molecular weight excluding hydrogens is 488 g/mol. The van der Waals surface area contributed by atoms with Crippen molar-refractivity contribution in [3.63, 3.8) is 0 Å². The number of imide groups is 1. The van der Waals surface area contributed by atoms with Crippen LogP contribution in [0.4, 0.5) is 4.79 Å². The molecule has 1 aliphatic rings. The Balaban J connectivity index is 1.61. The van der Waals surface area contributed by atoms with Crippen molar-refractivity contribution in [3.05, 3.63) is 69.2 Å². The van der Waals surface area contributed by atoms with E-state index in [0.717, 1.165) is 44.0 Å². The zero-order chi connectivity index (χ0) is 22.8. The molecule has 0 bridgehead atoms. The first kappa shape index (κ1) is 22.7. The maximum absolute atomic E-state index is 12.8. The van der Waals surface area contributed by atoms with Crippen molar-refractivity contribution >= 4 is 55.8 Å². The van der Waals surface area contributed by atoms with Gasteiger partial charge < -0.3 is 9.30 Å². The van der Waals surface area contributed by atoms with Crippen LogP contribution in [0.1, 0.15) is 25.0 Å². The molecule has 0 unspecified atom stereocenters. The highest BCUT2D eigenvalue weighted by Crippen LogP contribution is 2.35. The van der Waals surface area contributed by atoms with Gasteiger partial charge in [0.15, 0.2) is 0 Å². The van der Waals surface area contributed by atoms with Gasteiger partial charge >= 0.3 is 0 Å². The third-order valence-electron chi connectivity index (χ3n) is 5.27. The molecule has 3 aromatic rings. The molecule has 2 amide bonds. The molecule has 2 aromatic carbocycles. The highest BCUT2D eigenvalue weighted by Gasteiger charge is 2.35. The van der Waals surface area contributed by atoms with Crippen molar-refractivity contribution in [3.8, 4) is 5.75 Å². The summed E-state index contributed by atoms with van der Waals surface area (Å²) in [6.07, 6.45) is 3.85. The van der Waals surface area contributed by atoms with Crippen LogP contribution in [0.3, 0.4) is 0 Å². The van der Waals surface area contributed by atoms with Gasteiger partial charge in [-0.25, -0.2) is 0 Å². The van der Waals surface area contributed by atoms with Crippen LogP contribution in [0.25, 0.3) is 17.0 Å². The number of carbonyl (C=O) groups excluding carboxylic acids is 2. The lowest BCUT2D eigenvalue weighted by Crippen LogP contribution is -2.31. The highest BCUT2D eigenvalue weighted by molar-refractivity contribution is 9.10. The average Bonchev–Trinajstić information content (AvgIpc) is 3.21. The van der Waals surface area contributed by atoms with Crippen LogP contribution >= 0.6 is 27.7 Å². The standard InChI is InChI=1S/C25H25BrN2O3S/c1-16(2)14-28-24(29)23(32-25(28)30)12-18-15-27(21-9-8-19(26)13-20(18)21)10-11-31-22-7-5-4-6-17(22)3/h4-9,12-13,15-16H,10-11,14H2,1-3H3/b23-12-. The van der Waals surface area contributed by atoms with Crippen LogP contribution in [0.5, 0.6) is 5.75 Å². The summed E-state index contributed by atoms with van der Waals surface area (Å²) in [5.41, 5.74) is 3.06. The third kappa shape index (κ3) is 4.79. The summed E-state index contributed by atoms with van der Waals surface area (Å²) in [6, 6.07) is 14.1. The fourth-order valence-corrected chi connectivity index (χ4v) is 4.93. The quantitative estimate of drug-likeness (QED) is 0.339. The number of amides is 2. The normalized spacial score (nSPS) is 15.5. The lowest BCUT2D eigenvalue weighted by molar-refractivity contribution is -0.123. The number of nitrogens with zero attached hydrogens (tertiary/aromatic N) is 2. The Hall–Kier alpha value is -2.51. The Bertz CT molecular complexity index is 1220. The monoisotopic (exact) mass is 512 g/mol. The van der Waals surface area contributed by atoms with E-state index in [9.17, 15) is 9.59 Å². The van der Waals surface area contributed by atoms with Crippen LogP contribution in [0, 0.1) is 12.8 Å². The van der Waals surface area contributed by atoms with Gasteiger partial charge in [-0.2, -0.15) is 0 Å². The molecule has 7 heteroatoms. The van der Waals surface area contributed by atoms with Crippen LogP contribution in [0.15, 0.2) is 58.0 Å². The molecule has 0 N–H and O–H groups in total. The second-order valence-electron chi connectivity index (χ2n) is 8.24. The van der Waals surface area contributed by atoms with E-state index < -0.39 is 0 Å². The SMILES string of the molecule is Cc1ccccc1OCCn1cc(/C=C2\SC(=O)N(CC(C)C)C2=O)c2cc(Br)ccc21. The van der Waals surface area contributed by atoms with Crippen LogP contribution in [-0.4, -0.2) is 33.8 Å². The van der Waals surface area contributed by atoms with Crippen LogP contribution < -0.4 is 4.74 Å². The van der Waals surface area contributed by atoms with Crippen LogP contribution in [0.2, 0.25) is 0 Å². The number of carbonyl (C=O) groups is 2. The Labute approximate surface area is 200 Å². The zero-order valence-electron chi connectivity index (χ0n) is 18.3. The average molecular weight is 513 g/mol. The molecule has 1 fully saturated rings. The molecule has 2 heterocycles. The number of para-hydroxylation sites is 1. The molecule has 0 spiro atoms. The van der Waals surface area contributed by atoms with Gasteiger partial charge in [-0.05, 0) is 60.5 Å². The molecular formula is C25H25BrN2O3S. The first-order chi connectivity index (χ1) is 15.3. The van der Waals surface area contributed by atoms with Gasteiger partial charge in [-0.1, -0.05) is 48.0 Å². The molecule has 1 aromatic heterocycles. The van der Waals surface area contributed by atoms with Gasteiger partial charge in [0, 0.05) is 33.7 Å². The van der Waals surface area contributed by atoms with E-state index in [4.69, 9.17) is 4.74 Å². The molecule has 4 rings (SSSR count). The fraction of sp³-hybridized carbons (Fsp3) is 0.280. The summed E-state index contributed by atoms with van der Waals surface area (Å²) in [7, 11) is 0. The van der Waals surface area contributed by atoms with Crippen molar-refractivity contribution in [2.45, 2.75) is 27.3 Å². The van der Waals surface area contributed by atoms with Crippen LogP contribution in [-0.2, 0) is 11.3 Å². The lowest BCUT2D eigenvalue weighted by atomic mass is 10.1. The smallest absolute Gasteiger partial charge is 0.293 e. The van der Waals surface area contributed by atoms with E-state index in [1.165, 1.54) is 4.90 Å². The number of benzene rings is 2. The second-order valence-corrected chi connectivity index (χ2v) is 10.1. The first-order valence-corrected chi connectivity index (χ1v) is 12.2. The van der Waals surface area contributed by atoms with E-state index in [1.807, 2.05) is 69.4 Å². The van der Waals surface area contributed by atoms with E-state index in [0.29, 0.717) is 24.6 Å². The number of fused-ring (bicyclic) bond motifs is 1.